The van der Waals surface area contributed by atoms with Crippen molar-refractivity contribution >= 4 is 5.97 Å². The molecule has 0 rings (SSSR count). The first-order chi connectivity index (χ1) is 4.54. The number of esters is 1. The van der Waals surface area contributed by atoms with E-state index >= 15 is 0 Å². The Kier molecular flexibility index (Phi) is 3.77. The summed E-state index contributed by atoms with van der Waals surface area (Å²) in [5.41, 5.74) is 0.954. The molecule has 10 heavy (non-hydrogen) atoms. The molecular formula is C8H14O2. The van der Waals surface area contributed by atoms with Gasteiger partial charge in [0.2, 0.25) is 0 Å². The van der Waals surface area contributed by atoms with Gasteiger partial charge in [-0.15, -0.1) is 0 Å². The van der Waals surface area contributed by atoms with Crippen LogP contribution in [0.5, 0.6) is 0 Å². The second kappa shape index (κ2) is 4.09. The zero-order valence-electron chi connectivity index (χ0n) is 6.81. The molecule has 0 aromatic heterocycles. The maximum absolute atomic E-state index is 10.3. The Morgan fingerprint density at radius 2 is 2.10 bits per heavy atom. The molecule has 0 spiro atoms. The van der Waals surface area contributed by atoms with Crippen LogP contribution in [-0.4, -0.2) is 12.6 Å². The van der Waals surface area contributed by atoms with E-state index in [0.717, 1.165) is 5.57 Å². The lowest BCUT2D eigenvalue weighted by Gasteiger charge is -2.07. The van der Waals surface area contributed by atoms with E-state index < -0.39 is 0 Å². The minimum atomic E-state index is -0.248. The third-order valence-corrected chi connectivity index (χ3v) is 1.28. The average molecular weight is 142 g/mol. The van der Waals surface area contributed by atoms with Crippen molar-refractivity contribution in [2.24, 2.45) is 5.92 Å². The SMILES string of the molecule is C=C(COC(C)=O)C(C)C. The molecule has 0 atom stereocenters. The van der Waals surface area contributed by atoms with Crippen molar-refractivity contribution in [2.45, 2.75) is 20.8 Å². The van der Waals surface area contributed by atoms with E-state index in [4.69, 9.17) is 4.74 Å². The third kappa shape index (κ3) is 4.13. The van der Waals surface area contributed by atoms with Gasteiger partial charge in [-0.05, 0) is 11.5 Å². The summed E-state index contributed by atoms with van der Waals surface area (Å²) in [4.78, 5) is 10.3. The molecule has 0 bridgehead atoms. The maximum atomic E-state index is 10.3. The fraction of sp³-hybridized carbons (Fsp3) is 0.625. The Morgan fingerprint density at radius 3 is 2.40 bits per heavy atom. The Morgan fingerprint density at radius 1 is 1.60 bits per heavy atom. The Labute approximate surface area is 61.9 Å². The summed E-state index contributed by atoms with van der Waals surface area (Å²) in [6.45, 7) is 9.54. The molecule has 2 nitrogen and oxygen atoms in total. The van der Waals surface area contributed by atoms with Crippen molar-refractivity contribution in [3.8, 4) is 0 Å². The van der Waals surface area contributed by atoms with Crippen LogP contribution in [0, 0.1) is 5.92 Å². The number of hydrogen-bond acceptors (Lipinski definition) is 2. The van der Waals surface area contributed by atoms with E-state index in [2.05, 4.69) is 6.58 Å². The molecule has 0 aliphatic heterocycles. The first-order valence-corrected chi connectivity index (χ1v) is 3.35. The highest BCUT2D eigenvalue weighted by molar-refractivity contribution is 5.66. The van der Waals surface area contributed by atoms with Crippen molar-refractivity contribution in [3.63, 3.8) is 0 Å². The number of rotatable bonds is 3. The normalized spacial score (nSPS) is 9.60. The number of hydrogen-bond donors (Lipinski definition) is 0. The van der Waals surface area contributed by atoms with Crippen LogP contribution in [0.25, 0.3) is 0 Å². The van der Waals surface area contributed by atoms with Gasteiger partial charge in [-0.1, -0.05) is 20.4 Å². The zero-order chi connectivity index (χ0) is 8.15. The van der Waals surface area contributed by atoms with Crippen molar-refractivity contribution < 1.29 is 9.53 Å². The Balaban J connectivity index is 3.50. The Hall–Kier alpha value is -0.790. The molecule has 0 aliphatic rings. The Bertz CT molecular complexity index is 136. The lowest BCUT2D eigenvalue weighted by Crippen LogP contribution is -2.06. The van der Waals surface area contributed by atoms with Gasteiger partial charge in [0, 0.05) is 6.92 Å². The molecule has 0 aromatic carbocycles. The fourth-order valence-electron chi connectivity index (χ4n) is 0.361. The number of carbonyl (C=O) groups excluding carboxylic acids is 1. The predicted octanol–water partition coefficient (Wildman–Crippen LogP) is 1.76. The van der Waals surface area contributed by atoms with Crippen molar-refractivity contribution in [2.75, 3.05) is 6.61 Å². The highest BCUT2D eigenvalue weighted by Gasteiger charge is 2.00. The predicted molar refractivity (Wildman–Crippen MR) is 40.6 cm³/mol. The van der Waals surface area contributed by atoms with Gasteiger partial charge in [0.25, 0.3) is 0 Å². The van der Waals surface area contributed by atoms with Gasteiger partial charge in [-0.25, -0.2) is 0 Å². The van der Waals surface area contributed by atoms with E-state index in [1.54, 1.807) is 0 Å². The van der Waals surface area contributed by atoms with Gasteiger partial charge >= 0.3 is 5.97 Å². The molecule has 0 aliphatic carbocycles. The van der Waals surface area contributed by atoms with Gasteiger partial charge in [0.05, 0.1) is 0 Å². The average Bonchev–Trinajstić information content (AvgIpc) is 1.82. The van der Waals surface area contributed by atoms with E-state index in [0.29, 0.717) is 12.5 Å². The van der Waals surface area contributed by atoms with Crippen LogP contribution >= 0.6 is 0 Å². The number of ether oxygens (including phenoxy) is 1. The van der Waals surface area contributed by atoms with E-state index in [1.165, 1.54) is 6.92 Å². The van der Waals surface area contributed by atoms with Crippen molar-refractivity contribution in [1.82, 2.24) is 0 Å². The van der Waals surface area contributed by atoms with Gasteiger partial charge in [0.15, 0.2) is 0 Å². The van der Waals surface area contributed by atoms with Gasteiger partial charge in [-0.3, -0.25) is 4.79 Å². The summed E-state index contributed by atoms with van der Waals surface area (Å²) in [5.74, 6) is 0.140. The van der Waals surface area contributed by atoms with Crippen molar-refractivity contribution in [1.29, 1.82) is 0 Å². The highest BCUT2D eigenvalue weighted by Crippen LogP contribution is 2.05. The van der Waals surface area contributed by atoms with Gasteiger partial charge in [0.1, 0.15) is 6.61 Å². The molecule has 0 amide bonds. The lowest BCUT2D eigenvalue weighted by atomic mass is 10.1. The largest absolute Gasteiger partial charge is 0.461 e. The first kappa shape index (κ1) is 9.21. The topological polar surface area (TPSA) is 26.3 Å². The van der Waals surface area contributed by atoms with E-state index in [9.17, 15) is 4.79 Å². The van der Waals surface area contributed by atoms with E-state index in [1.807, 2.05) is 13.8 Å². The molecule has 0 N–H and O–H groups in total. The summed E-state index contributed by atoms with van der Waals surface area (Å²) in [5, 5.41) is 0. The molecule has 0 fully saturated rings. The molecule has 0 aromatic rings. The smallest absolute Gasteiger partial charge is 0.302 e. The summed E-state index contributed by atoms with van der Waals surface area (Å²) in [7, 11) is 0. The first-order valence-electron chi connectivity index (χ1n) is 3.35. The van der Waals surface area contributed by atoms with Crippen LogP contribution in [0.15, 0.2) is 12.2 Å². The van der Waals surface area contributed by atoms with Crippen molar-refractivity contribution in [3.05, 3.63) is 12.2 Å². The summed E-state index contributed by atoms with van der Waals surface area (Å²) in [6, 6.07) is 0. The molecule has 0 unspecified atom stereocenters. The lowest BCUT2D eigenvalue weighted by molar-refractivity contribution is -0.140. The summed E-state index contributed by atoms with van der Waals surface area (Å²) < 4.78 is 4.73. The molecule has 0 radical (unpaired) electrons. The van der Waals surface area contributed by atoms with Crippen LogP contribution in [0.3, 0.4) is 0 Å². The second-order valence-corrected chi connectivity index (χ2v) is 2.59. The second-order valence-electron chi connectivity index (χ2n) is 2.59. The van der Waals surface area contributed by atoms with E-state index in [-0.39, 0.29) is 5.97 Å². The molecule has 2 heteroatoms. The van der Waals surface area contributed by atoms with Crippen LogP contribution < -0.4 is 0 Å². The third-order valence-electron chi connectivity index (χ3n) is 1.28. The minimum Gasteiger partial charge on any atom is -0.461 e. The monoisotopic (exact) mass is 142 g/mol. The number of carbonyl (C=O) groups is 1. The standard InChI is InChI=1S/C8H14O2/c1-6(2)7(3)5-10-8(4)9/h6H,3,5H2,1-2,4H3. The fourth-order valence-corrected chi connectivity index (χ4v) is 0.361. The zero-order valence-corrected chi connectivity index (χ0v) is 6.81. The highest BCUT2D eigenvalue weighted by atomic mass is 16.5. The summed E-state index contributed by atoms with van der Waals surface area (Å²) >= 11 is 0. The summed E-state index contributed by atoms with van der Waals surface area (Å²) in [6.07, 6.45) is 0. The van der Waals surface area contributed by atoms with Crippen LogP contribution in [-0.2, 0) is 9.53 Å². The molecule has 0 heterocycles. The minimum absolute atomic E-state index is 0.248. The molecule has 0 saturated carbocycles. The molecule has 0 saturated heterocycles. The van der Waals surface area contributed by atoms with Crippen LogP contribution in [0.4, 0.5) is 0 Å². The van der Waals surface area contributed by atoms with Crippen LogP contribution in [0.1, 0.15) is 20.8 Å². The van der Waals surface area contributed by atoms with Gasteiger partial charge in [-0.2, -0.15) is 0 Å². The quantitative estimate of drug-likeness (QED) is 0.443. The van der Waals surface area contributed by atoms with Crippen LogP contribution in [0.2, 0.25) is 0 Å². The molecule has 58 valence electrons. The van der Waals surface area contributed by atoms with Gasteiger partial charge < -0.3 is 4.74 Å². The molecular weight excluding hydrogens is 128 g/mol. The maximum Gasteiger partial charge on any atom is 0.302 e.